The normalized spacial score (nSPS) is 11.6. The van der Waals surface area contributed by atoms with Crippen LogP contribution in [0.25, 0.3) is 60.6 Å². The Morgan fingerprint density at radius 1 is 0.487 bits per heavy atom. The standard InChI is InChI=1S/C36H24N2O/c1-3-10-24(11-4-1)25-18-21-34-30(22-25)36-31(15-9-17-35(36)39-34)37-26-19-20-33-29(23-26)28-14-7-8-16-32(28)38(33)27-12-5-2-6-13-27/h1-23,37H. The van der Waals surface area contributed by atoms with E-state index in [9.17, 15) is 0 Å². The molecule has 0 saturated carbocycles. The molecule has 8 rings (SSSR count). The number of rotatable bonds is 4. The SMILES string of the molecule is c1ccc(-c2ccc3oc4cccc(Nc5ccc6c(c5)c5ccccc5n6-c5ccccc5)c4c3c2)cc1. The van der Waals surface area contributed by atoms with Crippen LogP contribution in [-0.4, -0.2) is 4.57 Å². The molecule has 2 aromatic heterocycles. The summed E-state index contributed by atoms with van der Waals surface area (Å²) in [7, 11) is 0. The molecule has 8 aromatic rings. The number of nitrogens with zero attached hydrogens (tertiary/aromatic N) is 1. The highest BCUT2D eigenvalue weighted by Gasteiger charge is 2.15. The molecule has 0 aliphatic carbocycles. The Hall–Kier alpha value is -5.28. The van der Waals surface area contributed by atoms with Gasteiger partial charge in [-0.15, -0.1) is 0 Å². The Bertz CT molecular complexity index is 2140. The average Bonchev–Trinajstić information content (AvgIpc) is 3.54. The van der Waals surface area contributed by atoms with Gasteiger partial charge in [-0.3, -0.25) is 0 Å². The molecule has 6 aromatic carbocycles. The molecule has 0 atom stereocenters. The minimum absolute atomic E-state index is 0.877. The highest BCUT2D eigenvalue weighted by molar-refractivity contribution is 6.14. The molecule has 3 nitrogen and oxygen atoms in total. The van der Waals surface area contributed by atoms with Crippen LogP contribution in [0, 0.1) is 0 Å². The summed E-state index contributed by atoms with van der Waals surface area (Å²) >= 11 is 0. The van der Waals surface area contributed by atoms with Gasteiger partial charge in [-0.25, -0.2) is 0 Å². The first-order chi connectivity index (χ1) is 19.3. The van der Waals surface area contributed by atoms with Crippen LogP contribution in [0.5, 0.6) is 0 Å². The molecular formula is C36H24N2O. The van der Waals surface area contributed by atoms with E-state index in [4.69, 9.17) is 4.42 Å². The Balaban J connectivity index is 1.28. The van der Waals surface area contributed by atoms with Gasteiger partial charge in [0.25, 0.3) is 0 Å². The van der Waals surface area contributed by atoms with E-state index in [1.54, 1.807) is 0 Å². The van der Waals surface area contributed by atoms with Gasteiger partial charge in [0.05, 0.1) is 22.1 Å². The van der Waals surface area contributed by atoms with Crippen molar-refractivity contribution in [3.63, 3.8) is 0 Å². The highest BCUT2D eigenvalue weighted by Crippen LogP contribution is 2.39. The maximum atomic E-state index is 6.26. The minimum atomic E-state index is 0.877. The number of aromatic nitrogens is 1. The van der Waals surface area contributed by atoms with E-state index in [0.717, 1.165) is 39.0 Å². The molecule has 0 unspecified atom stereocenters. The van der Waals surface area contributed by atoms with Gasteiger partial charge >= 0.3 is 0 Å². The molecule has 0 spiro atoms. The number of hydrogen-bond donors (Lipinski definition) is 1. The van der Waals surface area contributed by atoms with Gasteiger partial charge in [0.1, 0.15) is 11.2 Å². The van der Waals surface area contributed by atoms with Gasteiger partial charge in [-0.2, -0.15) is 0 Å². The first-order valence-electron chi connectivity index (χ1n) is 13.2. The Kier molecular flexibility index (Phi) is 4.82. The van der Waals surface area contributed by atoms with Crippen LogP contribution >= 0.6 is 0 Å². The third-order valence-corrected chi connectivity index (χ3v) is 7.57. The lowest BCUT2D eigenvalue weighted by Gasteiger charge is -2.10. The predicted molar refractivity (Wildman–Crippen MR) is 163 cm³/mol. The van der Waals surface area contributed by atoms with Gasteiger partial charge in [-0.05, 0) is 71.8 Å². The largest absolute Gasteiger partial charge is 0.456 e. The van der Waals surface area contributed by atoms with E-state index in [1.165, 1.54) is 32.9 Å². The van der Waals surface area contributed by atoms with E-state index in [2.05, 4.69) is 131 Å². The second kappa shape index (κ2) is 8.64. The van der Waals surface area contributed by atoms with Gasteiger partial charge in [0, 0.05) is 27.5 Å². The number of nitrogens with one attached hydrogen (secondary N) is 1. The van der Waals surface area contributed by atoms with Crippen LogP contribution in [0.1, 0.15) is 0 Å². The lowest BCUT2D eigenvalue weighted by atomic mass is 10.0. The molecule has 3 heteroatoms. The molecular weight excluding hydrogens is 476 g/mol. The summed E-state index contributed by atoms with van der Waals surface area (Å²) in [5.74, 6) is 0. The zero-order valence-corrected chi connectivity index (χ0v) is 21.1. The van der Waals surface area contributed by atoms with Crippen molar-refractivity contribution in [2.45, 2.75) is 0 Å². The number of benzene rings is 6. The molecule has 2 heterocycles. The molecule has 0 radical (unpaired) electrons. The zero-order valence-electron chi connectivity index (χ0n) is 21.1. The molecule has 0 aliphatic heterocycles. The van der Waals surface area contributed by atoms with E-state index < -0.39 is 0 Å². The smallest absolute Gasteiger partial charge is 0.137 e. The number of furan rings is 1. The fourth-order valence-corrected chi connectivity index (χ4v) is 5.80. The van der Waals surface area contributed by atoms with Crippen LogP contribution in [-0.2, 0) is 0 Å². The van der Waals surface area contributed by atoms with Crippen molar-refractivity contribution in [3.8, 4) is 16.8 Å². The topological polar surface area (TPSA) is 30.1 Å². The van der Waals surface area contributed by atoms with E-state index in [1.807, 2.05) is 18.2 Å². The fraction of sp³-hybridized carbons (Fsp3) is 0. The van der Waals surface area contributed by atoms with Crippen molar-refractivity contribution < 1.29 is 4.42 Å². The van der Waals surface area contributed by atoms with Crippen LogP contribution < -0.4 is 5.32 Å². The Labute approximate surface area is 225 Å². The molecule has 0 bridgehead atoms. The quantitative estimate of drug-likeness (QED) is 0.260. The molecule has 39 heavy (non-hydrogen) atoms. The van der Waals surface area contributed by atoms with Crippen molar-refractivity contribution in [2.75, 3.05) is 5.32 Å². The number of anilines is 2. The zero-order chi connectivity index (χ0) is 25.8. The number of hydrogen-bond acceptors (Lipinski definition) is 2. The van der Waals surface area contributed by atoms with Crippen LogP contribution in [0.4, 0.5) is 11.4 Å². The summed E-state index contributed by atoms with van der Waals surface area (Å²) in [4.78, 5) is 0. The molecule has 0 aliphatic rings. The lowest BCUT2D eigenvalue weighted by Crippen LogP contribution is -1.94. The third kappa shape index (κ3) is 3.52. The minimum Gasteiger partial charge on any atom is -0.456 e. The summed E-state index contributed by atoms with van der Waals surface area (Å²) in [5, 5.41) is 8.38. The lowest BCUT2D eigenvalue weighted by molar-refractivity contribution is 0.669. The first kappa shape index (κ1) is 21.8. The van der Waals surface area contributed by atoms with E-state index in [0.29, 0.717) is 0 Å². The number of para-hydroxylation sites is 2. The highest BCUT2D eigenvalue weighted by atomic mass is 16.3. The second-order valence-electron chi connectivity index (χ2n) is 9.90. The molecule has 0 fully saturated rings. The first-order valence-corrected chi connectivity index (χ1v) is 13.2. The summed E-state index contributed by atoms with van der Waals surface area (Å²) in [5.41, 5.74) is 9.76. The Morgan fingerprint density at radius 2 is 1.26 bits per heavy atom. The predicted octanol–water partition coefficient (Wildman–Crippen LogP) is 10.1. The summed E-state index contributed by atoms with van der Waals surface area (Å²) < 4.78 is 8.60. The van der Waals surface area contributed by atoms with Crippen molar-refractivity contribution >= 4 is 55.1 Å². The molecule has 184 valence electrons. The maximum absolute atomic E-state index is 6.26. The van der Waals surface area contributed by atoms with Crippen molar-refractivity contribution in [1.82, 2.24) is 4.57 Å². The van der Waals surface area contributed by atoms with Gasteiger partial charge in [-0.1, -0.05) is 78.9 Å². The number of fused-ring (bicyclic) bond motifs is 6. The summed E-state index contributed by atoms with van der Waals surface area (Å²) in [6.07, 6.45) is 0. The summed E-state index contributed by atoms with van der Waals surface area (Å²) in [6.45, 7) is 0. The summed E-state index contributed by atoms with van der Waals surface area (Å²) in [6, 6.07) is 48.9. The average molecular weight is 501 g/mol. The van der Waals surface area contributed by atoms with E-state index in [-0.39, 0.29) is 0 Å². The monoisotopic (exact) mass is 500 g/mol. The van der Waals surface area contributed by atoms with Gasteiger partial charge in [0.15, 0.2) is 0 Å². The van der Waals surface area contributed by atoms with Crippen LogP contribution in [0.15, 0.2) is 144 Å². The second-order valence-corrected chi connectivity index (χ2v) is 9.90. The van der Waals surface area contributed by atoms with Crippen LogP contribution in [0.3, 0.4) is 0 Å². The van der Waals surface area contributed by atoms with Gasteiger partial charge < -0.3 is 14.3 Å². The fourth-order valence-electron chi connectivity index (χ4n) is 5.80. The van der Waals surface area contributed by atoms with Gasteiger partial charge in [0.2, 0.25) is 0 Å². The van der Waals surface area contributed by atoms with Crippen LogP contribution in [0.2, 0.25) is 0 Å². The third-order valence-electron chi connectivity index (χ3n) is 7.57. The van der Waals surface area contributed by atoms with Crippen molar-refractivity contribution in [1.29, 1.82) is 0 Å². The van der Waals surface area contributed by atoms with E-state index >= 15 is 0 Å². The van der Waals surface area contributed by atoms with Crippen molar-refractivity contribution in [3.05, 3.63) is 140 Å². The Morgan fingerprint density at radius 3 is 2.13 bits per heavy atom. The molecule has 0 amide bonds. The van der Waals surface area contributed by atoms with Crippen molar-refractivity contribution in [2.24, 2.45) is 0 Å². The maximum Gasteiger partial charge on any atom is 0.137 e. The molecule has 1 N–H and O–H groups in total. The molecule has 0 saturated heterocycles.